The van der Waals surface area contributed by atoms with Gasteiger partial charge in [-0.3, -0.25) is 14.6 Å². The van der Waals surface area contributed by atoms with E-state index in [1.165, 1.54) is 6.20 Å². The average Bonchev–Trinajstić information content (AvgIpc) is 2.76. The third-order valence-electron chi connectivity index (χ3n) is 4.14. The second-order valence-corrected chi connectivity index (χ2v) is 6.12. The van der Waals surface area contributed by atoms with E-state index in [9.17, 15) is 4.79 Å². The van der Waals surface area contributed by atoms with Gasteiger partial charge in [-0.15, -0.1) is 0 Å². The fraction of sp³-hybridized carbons (Fsp3) is 0.238. The number of benzene rings is 1. The van der Waals surface area contributed by atoms with Crippen LogP contribution < -0.4 is 15.0 Å². The molecule has 8 nitrogen and oxygen atoms in total. The first-order chi connectivity index (χ1) is 14.1. The molecule has 2 aromatic heterocycles. The van der Waals surface area contributed by atoms with E-state index >= 15 is 0 Å². The SMILES string of the molecule is CCOc1ccc(-c2cncc(C(=O)NOCc3cc(OC)ccc3C)n2)cn1. The van der Waals surface area contributed by atoms with Crippen LogP contribution in [0.1, 0.15) is 28.5 Å². The lowest BCUT2D eigenvalue weighted by molar-refractivity contribution is 0.0227. The fourth-order valence-electron chi connectivity index (χ4n) is 2.54. The number of carbonyl (C=O) groups is 1. The smallest absolute Gasteiger partial charge is 0.295 e. The highest BCUT2D eigenvalue weighted by atomic mass is 16.6. The summed E-state index contributed by atoms with van der Waals surface area (Å²) in [6.45, 7) is 4.59. The van der Waals surface area contributed by atoms with Crippen molar-refractivity contribution in [3.63, 3.8) is 0 Å². The summed E-state index contributed by atoms with van der Waals surface area (Å²) in [4.78, 5) is 30.3. The summed E-state index contributed by atoms with van der Waals surface area (Å²) in [5.74, 6) is 0.765. The molecule has 0 saturated heterocycles. The van der Waals surface area contributed by atoms with Gasteiger partial charge in [0.15, 0.2) is 0 Å². The van der Waals surface area contributed by atoms with E-state index < -0.39 is 5.91 Å². The predicted octanol–water partition coefficient (Wildman–Crippen LogP) is 3.12. The van der Waals surface area contributed by atoms with Crippen molar-refractivity contribution in [3.8, 4) is 22.9 Å². The number of pyridine rings is 1. The van der Waals surface area contributed by atoms with E-state index in [-0.39, 0.29) is 12.3 Å². The number of carbonyl (C=O) groups excluding carboxylic acids is 1. The summed E-state index contributed by atoms with van der Waals surface area (Å²) in [5.41, 5.74) is 5.73. The molecule has 0 aliphatic rings. The van der Waals surface area contributed by atoms with Crippen LogP contribution in [-0.4, -0.2) is 34.6 Å². The van der Waals surface area contributed by atoms with Crippen molar-refractivity contribution >= 4 is 5.91 Å². The zero-order valence-electron chi connectivity index (χ0n) is 16.5. The molecule has 0 radical (unpaired) electrons. The molecule has 0 unspecified atom stereocenters. The number of nitrogens with one attached hydrogen (secondary N) is 1. The van der Waals surface area contributed by atoms with Crippen molar-refractivity contribution in [1.82, 2.24) is 20.4 Å². The normalized spacial score (nSPS) is 10.4. The molecule has 0 bridgehead atoms. The molecule has 0 atom stereocenters. The van der Waals surface area contributed by atoms with Crippen molar-refractivity contribution in [1.29, 1.82) is 0 Å². The number of ether oxygens (including phenoxy) is 2. The van der Waals surface area contributed by atoms with Crippen molar-refractivity contribution in [2.45, 2.75) is 20.5 Å². The number of nitrogens with zero attached hydrogens (tertiary/aromatic N) is 3. The van der Waals surface area contributed by atoms with Gasteiger partial charge in [0.05, 0.1) is 31.8 Å². The maximum absolute atomic E-state index is 12.4. The van der Waals surface area contributed by atoms with E-state index in [0.717, 1.165) is 22.4 Å². The minimum Gasteiger partial charge on any atom is -0.497 e. The molecule has 0 spiro atoms. The van der Waals surface area contributed by atoms with Gasteiger partial charge in [-0.1, -0.05) is 6.07 Å². The fourth-order valence-corrected chi connectivity index (χ4v) is 2.54. The molecule has 1 N–H and O–H groups in total. The van der Waals surface area contributed by atoms with Crippen LogP contribution in [0.25, 0.3) is 11.3 Å². The maximum atomic E-state index is 12.4. The Balaban J connectivity index is 1.63. The van der Waals surface area contributed by atoms with Crippen LogP contribution in [0.3, 0.4) is 0 Å². The van der Waals surface area contributed by atoms with Gasteiger partial charge in [0.25, 0.3) is 5.91 Å². The highest BCUT2D eigenvalue weighted by Gasteiger charge is 2.11. The Kier molecular flexibility index (Phi) is 6.70. The molecule has 0 aliphatic carbocycles. The molecule has 29 heavy (non-hydrogen) atoms. The lowest BCUT2D eigenvalue weighted by Crippen LogP contribution is -2.25. The molecule has 8 heteroatoms. The van der Waals surface area contributed by atoms with Crippen molar-refractivity contribution < 1.29 is 19.1 Å². The van der Waals surface area contributed by atoms with Crippen LogP contribution in [0.5, 0.6) is 11.6 Å². The Morgan fingerprint density at radius 1 is 1.14 bits per heavy atom. The quantitative estimate of drug-likeness (QED) is 0.587. The van der Waals surface area contributed by atoms with Crippen LogP contribution in [-0.2, 0) is 11.4 Å². The van der Waals surface area contributed by atoms with Crippen molar-refractivity contribution in [3.05, 3.63) is 65.7 Å². The third kappa shape index (κ3) is 5.26. The number of aryl methyl sites for hydroxylation is 1. The van der Waals surface area contributed by atoms with Crippen LogP contribution in [0.4, 0.5) is 0 Å². The zero-order valence-corrected chi connectivity index (χ0v) is 16.5. The van der Waals surface area contributed by atoms with Gasteiger partial charge in [0.1, 0.15) is 18.1 Å². The van der Waals surface area contributed by atoms with E-state index in [4.69, 9.17) is 14.3 Å². The molecule has 0 aliphatic heterocycles. The Labute approximate surface area is 168 Å². The Morgan fingerprint density at radius 2 is 2.00 bits per heavy atom. The number of amides is 1. The first-order valence-electron chi connectivity index (χ1n) is 9.07. The van der Waals surface area contributed by atoms with Crippen LogP contribution in [0, 0.1) is 6.92 Å². The van der Waals surface area contributed by atoms with E-state index in [1.807, 2.05) is 38.1 Å². The first-order valence-corrected chi connectivity index (χ1v) is 9.07. The molecule has 150 valence electrons. The maximum Gasteiger partial charge on any atom is 0.295 e. The van der Waals surface area contributed by atoms with Crippen LogP contribution in [0.15, 0.2) is 48.9 Å². The van der Waals surface area contributed by atoms with E-state index in [2.05, 4.69) is 20.4 Å². The van der Waals surface area contributed by atoms with Gasteiger partial charge in [0.2, 0.25) is 5.88 Å². The summed E-state index contributed by atoms with van der Waals surface area (Å²) >= 11 is 0. The lowest BCUT2D eigenvalue weighted by atomic mass is 10.1. The zero-order chi connectivity index (χ0) is 20.6. The summed E-state index contributed by atoms with van der Waals surface area (Å²) in [7, 11) is 1.60. The molecule has 0 fully saturated rings. The molecule has 0 saturated carbocycles. The van der Waals surface area contributed by atoms with Gasteiger partial charge in [-0.25, -0.2) is 15.4 Å². The molecule has 3 rings (SSSR count). The highest BCUT2D eigenvalue weighted by Crippen LogP contribution is 2.19. The molecule has 1 aromatic carbocycles. The highest BCUT2D eigenvalue weighted by molar-refractivity contribution is 5.91. The first kappa shape index (κ1) is 20.2. The van der Waals surface area contributed by atoms with Crippen molar-refractivity contribution in [2.24, 2.45) is 0 Å². The molecule has 3 aromatic rings. The molecular formula is C21H22N4O4. The van der Waals surface area contributed by atoms with Crippen molar-refractivity contribution in [2.75, 3.05) is 13.7 Å². The number of hydrogen-bond donors (Lipinski definition) is 1. The third-order valence-corrected chi connectivity index (χ3v) is 4.14. The van der Waals surface area contributed by atoms with Gasteiger partial charge in [-0.2, -0.15) is 0 Å². The molecule has 1 amide bonds. The van der Waals surface area contributed by atoms with Crippen LogP contribution in [0.2, 0.25) is 0 Å². The van der Waals surface area contributed by atoms with E-state index in [0.29, 0.717) is 18.2 Å². The van der Waals surface area contributed by atoms with Crippen LogP contribution >= 0.6 is 0 Å². The second kappa shape index (κ2) is 9.61. The monoisotopic (exact) mass is 394 g/mol. The second-order valence-electron chi connectivity index (χ2n) is 6.12. The summed E-state index contributed by atoms with van der Waals surface area (Å²) in [5, 5.41) is 0. The number of aromatic nitrogens is 3. The minimum absolute atomic E-state index is 0.138. The topological polar surface area (TPSA) is 95.5 Å². The van der Waals surface area contributed by atoms with E-state index in [1.54, 1.807) is 25.6 Å². The number of hydrogen-bond acceptors (Lipinski definition) is 7. The predicted molar refractivity (Wildman–Crippen MR) is 106 cm³/mol. The van der Waals surface area contributed by atoms with Gasteiger partial charge >= 0.3 is 0 Å². The minimum atomic E-state index is -0.487. The number of rotatable bonds is 8. The number of methoxy groups -OCH3 is 1. The number of hydroxylamine groups is 1. The summed E-state index contributed by atoms with van der Waals surface area (Å²) < 4.78 is 10.5. The standard InChI is InChI=1S/C21H22N4O4/c1-4-28-20-8-6-15(10-23-20)18-11-22-12-19(24-18)21(26)25-29-13-16-9-17(27-3)7-5-14(16)2/h5-12H,4,13H2,1-3H3,(H,25,26). The summed E-state index contributed by atoms with van der Waals surface area (Å²) in [6, 6.07) is 9.22. The Bertz CT molecular complexity index is 977. The average molecular weight is 394 g/mol. The molecule has 2 heterocycles. The largest absolute Gasteiger partial charge is 0.497 e. The lowest BCUT2D eigenvalue weighted by Gasteiger charge is -2.10. The van der Waals surface area contributed by atoms with Gasteiger partial charge in [0, 0.05) is 17.8 Å². The Hall–Kier alpha value is -3.52. The Morgan fingerprint density at radius 3 is 2.72 bits per heavy atom. The van der Waals surface area contributed by atoms with Gasteiger partial charge < -0.3 is 9.47 Å². The molecular weight excluding hydrogens is 372 g/mol. The summed E-state index contributed by atoms with van der Waals surface area (Å²) in [6.07, 6.45) is 4.56. The van der Waals surface area contributed by atoms with Gasteiger partial charge in [-0.05, 0) is 43.2 Å².